The Morgan fingerprint density at radius 1 is 1.35 bits per heavy atom. The number of hydrazine groups is 1. The summed E-state index contributed by atoms with van der Waals surface area (Å²) in [6.07, 6.45) is 5.04. The molecule has 0 saturated heterocycles. The third kappa shape index (κ3) is 2.70. The molecule has 1 aliphatic heterocycles. The summed E-state index contributed by atoms with van der Waals surface area (Å²) < 4.78 is 5.92. The fourth-order valence-electron chi connectivity index (χ4n) is 2.67. The number of fused-ring (bicyclic) bond motifs is 1. The molecule has 0 amide bonds. The highest BCUT2D eigenvalue weighted by molar-refractivity contribution is 5.31. The van der Waals surface area contributed by atoms with Crippen LogP contribution in [0.25, 0.3) is 0 Å². The normalized spacial score (nSPS) is 19.4. The fraction of sp³-hybridized carbons (Fsp3) is 0.333. The van der Waals surface area contributed by atoms with E-state index in [2.05, 4.69) is 39.7 Å². The molecule has 2 aromatic rings. The second kappa shape index (κ2) is 6.09. The van der Waals surface area contributed by atoms with E-state index in [4.69, 9.17) is 10.6 Å². The summed E-state index contributed by atoms with van der Waals surface area (Å²) in [4.78, 5) is 8.20. The van der Waals surface area contributed by atoms with E-state index in [1.807, 2.05) is 6.07 Å². The maximum atomic E-state index is 5.92. The number of benzene rings is 1. The van der Waals surface area contributed by atoms with Gasteiger partial charge in [-0.05, 0) is 23.6 Å². The summed E-state index contributed by atoms with van der Waals surface area (Å²) in [6, 6.07) is 10.3. The van der Waals surface area contributed by atoms with E-state index in [0.29, 0.717) is 0 Å². The molecular weight excluding hydrogens is 252 g/mol. The van der Waals surface area contributed by atoms with Gasteiger partial charge in [0, 0.05) is 12.6 Å². The first-order valence-electron chi connectivity index (χ1n) is 6.80. The van der Waals surface area contributed by atoms with E-state index in [9.17, 15) is 0 Å². The third-order valence-electron chi connectivity index (χ3n) is 3.71. The first-order chi connectivity index (χ1) is 9.88. The van der Waals surface area contributed by atoms with Crippen LogP contribution in [0, 0.1) is 0 Å². The molecule has 0 bridgehead atoms. The molecule has 0 saturated carbocycles. The molecule has 1 aromatic heterocycles. The van der Waals surface area contributed by atoms with Gasteiger partial charge in [0.05, 0.1) is 24.4 Å². The van der Waals surface area contributed by atoms with Gasteiger partial charge in [-0.1, -0.05) is 24.3 Å². The average molecular weight is 270 g/mol. The highest BCUT2D eigenvalue weighted by Crippen LogP contribution is 2.33. The molecule has 2 unspecified atom stereocenters. The van der Waals surface area contributed by atoms with Gasteiger partial charge in [-0.2, -0.15) is 0 Å². The van der Waals surface area contributed by atoms with Crippen molar-refractivity contribution in [1.29, 1.82) is 0 Å². The van der Waals surface area contributed by atoms with Gasteiger partial charge in [0.2, 0.25) is 0 Å². The van der Waals surface area contributed by atoms with E-state index in [0.717, 1.165) is 25.1 Å². The Morgan fingerprint density at radius 2 is 2.25 bits per heavy atom. The van der Waals surface area contributed by atoms with Crippen molar-refractivity contribution in [2.24, 2.45) is 5.84 Å². The number of aromatic nitrogens is 2. The molecule has 2 atom stereocenters. The monoisotopic (exact) mass is 270 g/mol. The third-order valence-corrected chi connectivity index (χ3v) is 3.71. The van der Waals surface area contributed by atoms with Gasteiger partial charge in [-0.15, -0.1) is 0 Å². The largest absolute Gasteiger partial charge is 0.373 e. The van der Waals surface area contributed by atoms with Gasteiger partial charge in [0.25, 0.3) is 0 Å². The van der Waals surface area contributed by atoms with E-state index in [1.54, 1.807) is 6.20 Å². The molecule has 0 radical (unpaired) electrons. The van der Waals surface area contributed by atoms with Gasteiger partial charge >= 0.3 is 0 Å². The lowest BCUT2D eigenvalue weighted by atomic mass is 9.93. The average Bonchev–Trinajstić information content (AvgIpc) is 2.53. The van der Waals surface area contributed by atoms with Crippen molar-refractivity contribution in [3.8, 4) is 0 Å². The zero-order valence-electron chi connectivity index (χ0n) is 11.2. The van der Waals surface area contributed by atoms with Crippen molar-refractivity contribution in [1.82, 2.24) is 15.4 Å². The van der Waals surface area contributed by atoms with Gasteiger partial charge in [0.15, 0.2) is 0 Å². The molecule has 5 heteroatoms. The molecule has 3 N–H and O–H groups in total. The van der Waals surface area contributed by atoms with E-state index in [-0.39, 0.29) is 12.1 Å². The lowest BCUT2D eigenvalue weighted by Gasteiger charge is -2.28. The lowest BCUT2D eigenvalue weighted by molar-refractivity contribution is 0.0290. The van der Waals surface area contributed by atoms with Crippen LogP contribution < -0.4 is 11.3 Å². The second-order valence-electron chi connectivity index (χ2n) is 4.90. The highest BCUT2D eigenvalue weighted by atomic mass is 16.5. The van der Waals surface area contributed by atoms with Crippen molar-refractivity contribution in [3.63, 3.8) is 0 Å². The Balaban J connectivity index is 1.81. The van der Waals surface area contributed by atoms with Crippen molar-refractivity contribution in [3.05, 3.63) is 59.7 Å². The van der Waals surface area contributed by atoms with Gasteiger partial charge in [-0.25, -0.2) is 9.97 Å². The molecule has 104 valence electrons. The summed E-state index contributed by atoms with van der Waals surface area (Å²) in [7, 11) is 0. The van der Waals surface area contributed by atoms with Crippen LogP contribution in [0.15, 0.2) is 42.9 Å². The number of nitrogens with one attached hydrogen (secondary N) is 1. The van der Waals surface area contributed by atoms with Gasteiger partial charge in [0.1, 0.15) is 6.33 Å². The standard InChI is InChI=1S/C15H18N4O/c16-19-14(13-5-7-17-10-18-13)9-15-12-4-2-1-3-11(12)6-8-20-15/h1-5,7,10,14-15,19H,6,8-9,16H2. The summed E-state index contributed by atoms with van der Waals surface area (Å²) in [5, 5.41) is 0. The lowest BCUT2D eigenvalue weighted by Crippen LogP contribution is -2.31. The molecule has 3 rings (SSSR count). The minimum Gasteiger partial charge on any atom is -0.373 e. The fourth-order valence-corrected chi connectivity index (χ4v) is 2.67. The molecule has 20 heavy (non-hydrogen) atoms. The molecule has 2 heterocycles. The van der Waals surface area contributed by atoms with E-state index in [1.165, 1.54) is 17.5 Å². The molecule has 0 aliphatic carbocycles. The van der Waals surface area contributed by atoms with Crippen molar-refractivity contribution >= 4 is 0 Å². The summed E-state index contributed by atoms with van der Waals surface area (Å²) in [5.41, 5.74) is 6.33. The topological polar surface area (TPSA) is 73.1 Å². The number of ether oxygens (including phenoxy) is 1. The van der Waals surface area contributed by atoms with E-state index < -0.39 is 0 Å². The Hall–Kier alpha value is -1.82. The number of hydrogen-bond acceptors (Lipinski definition) is 5. The second-order valence-corrected chi connectivity index (χ2v) is 4.90. The van der Waals surface area contributed by atoms with Crippen molar-refractivity contribution in [2.45, 2.75) is 25.0 Å². The Morgan fingerprint density at radius 3 is 3.05 bits per heavy atom. The van der Waals surface area contributed by atoms with Crippen LogP contribution >= 0.6 is 0 Å². The molecule has 0 fully saturated rings. The van der Waals surface area contributed by atoms with Crippen LogP contribution in [-0.4, -0.2) is 16.6 Å². The maximum Gasteiger partial charge on any atom is 0.115 e. The number of rotatable bonds is 4. The smallest absolute Gasteiger partial charge is 0.115 e. The quantitative estimate of drug-likeness (QED) is 0.653. The first kappa shape index (κ1) is 13.2. The summed E-state index contributed by atoms with van der Waals surface area (Å²) >= 11 is 0. The molecule has 0 spiro atoms. The summed E-state index contributed by atoms with van der Waals surface area (Å²) in [6.45, 7) is 0.753. The van der Waals surface area contributed by atoms with Crippen LogP contribution in [0.4, 0.5) is 0 Å². The Labute approximate surface area is 118 Å². The van der Waals surface area contributed by atoms with Crippen LogP contribution in [0.2, 0.25) is 0 Å². The molecular formula is C15H18N4O. The molecule has 5 nitrogen and oxygen atoms in total. The zero-order valence-corrected chi connectivity index (χ0v) is 11.2. The Bertz CT molecular complexity index is 561. The predicted molar refractivity (Wildman–Crippen MR) is 75.6 cm³/mol. The summed E-state index contributed by atoms with van der Waals surface area (Å²) in [5.74, 6) is 5.68. The Kier molecular flexibility index (Phi) is 4.01. The van der Waals surface area contributed by atoms with E-state index >= 15 is 0 Å². The van der Waals surface area contributed by atoms with Crippen molar-refractivity contribution < 1.29 is 4.74 Å². The predicted octanol–water partition coefficient (Wildman–Crippen LogP) is 1.69. The first-order valence-corrected chi connectivity index (χ1v) is 6.80. The number of hydrogen-bond donors (Lipinski definition) is 2. The van der Waals surface area contributed by atoms with Gasteiger partial charge in [-0.3, -0.25) is 11.3 Å². The number of nitrogens with zero attached hydrogens (tertiary/aromatic N) is 2. The number of nitrogens with two attached hydrogens (primary N) is 1. The van der Waals surface area contributed by atoms with Gasteiger partial charge < -0.3 is 4.74 Å². The van der Waals surface area contributed by atoms with Crippen LogP contribution in [0.1, 0.15) is 35.4 Å². The van der Waals surface area contributed by atoms with Crippen molar-refractivity contribution in [2.75, 3.05) is 6.61 Å². The van der Waals surface area contributed by atoms with Crippen LogP contribution in [0.5, 0.6) is 0 Å². The maximum absolute atomic E-state index is 5.92. The molecule has 1 aromatic carbocycles. The minimum atomic E-state index is -0.0471. The zero-order chi connectivity index (χ0) is 13.8. The van der Waals surface area contributed by atoms with Crippen LogP contribution in [0.3, 0.4) is 0 Å². The van der Waals surface area contributed by atoms with Crippen LogP contribution in [-0.2, 0) is 11.2 Å². The molecule has 1 aliphatic rings. The SMILES string of the molecule is NNC(CC1OCCc2ccccc21)c1ccncn1. The minimum absolute atomic E-state index is 0.0471. The highest BCUT2D eigenvalue weighted by Gasteiger charge is 2.24.